The maximum Gasteiger partial charge on any atom is 0.265 e. The number of fused-ring (bicyclic) bond motifs is 1. The number of nitrogens with one attached hydrogen (secondary N) is 1. The molecule has 4 nitrogen and oxygen atoms in total. The van der Waals surface area contributed by atoms with E-state index >= 15 is 0 Å². The van der Waals surface area contributed by atoms with E-state index in [9.17, 15) is 4.79 Å². The molecule has 0 saturated carbocycles. The van der Waals surface area contributed by atoms with E-state index in [1.165, 1.54) is 11.3 Å². The minimum atomic E-state index is -0.100. The number of anilines is 1. The Balaban J connectivity index is 1.63. The summed E-state index contributed by atoms with van der Waals surface area (Å²) in [5.41, 5.74) is 3.71. The van der Waals surface area contributed by atoms with E-state index in [2.05, 4.69) is 10.3 Å². The number of hydrogen-bond donors (Lipinski definition) is 1. The molecule has 112 valence electrons. The first-order valence-electron chi connectivity index (χ1n) is 7.19. The summed E-state index contributed by atoms with van der Waals surface area (Å²) >= 11 is 1.42. The van der Waals surface area contributed by atoms with Crippen molar-refractivity contribution < 1.29 is 4.79 Å². The molecule has 4 rings (SSSR count). The Morgan fingerprint density at radius 1 is 1.04 bits per heavy atom. The van der Waals surface area contributed by atoms with Crippen LogP contribution in [0.5, 0.6) is 0 Å². The Bertz CT molecular complexity index is 972. The van der Waals surface area contributed by atoms with Gasteiger partial charge < -0.3 is 5.32 Å². The zero-order valence-corrected chi connectivity index (χ0v) is 13.0. The maximum absolute atomic E-state index is 12.3. The van der Waals surface area contributed by atoms with Gasteiger partial charge in [0.25, 0.3) is 5.91 Å². The van der Waals surface area contributed by atoms with Gasteiger partial charge in [-0.05, 0) is 30.3 Å². The van der Waals surface area contributed by atoms with Crippen LogP contribution in [0.2, 0.25) is 0 Å². The lowest BCUT2D eigenvalue weighted by Crippen LogP contribution is -2.09. The van der Waals surface area contributed by atoms with Crippen LogP contribution >= 0.6 is 11.3 Å². The predicted molar refractivity (Wildman–Crippen MR) is 93.3 cm³/mol. The molecule has 0 bridgehead atoms. The SMILES string of the molecule is O=C(Nc1ccccc1)c1cc(-n2cnc3ccccc32)cs1. The lowest BCUT2D eigenvalue weighted by atomic mass is 10.3. The van der Waals surface area contributed by atoms with Crippen LogP contribution in [-0.4, -0.2) is 15.5 Å². The molecular weight excluding hydrogens is 306 g/mol. The number of imidazole rings is 1. The van der Waals surface area contributed by atoms with Crippen molar-refractivity contribution in [1.29, 1.82) is 0 Å². The highest BCUT2D eigenvalue weighted by atomic mass is 32.1. The van der Waals surface area contributed by atoms with E-state index in [0.717, 1.165) is 22.4 Å². The fraction of sp³-hybridized carbons (Fsp3) is 0. The molecule has 0 saturated heterocycles. The summed E-state index contributed by atoms with van der Waals surface area (Å²) in [6, 6.07) is 19.3. The van der Waals surface area contributed by atoms with Crippen molar-refractivity contribution in [1.82, 2.24) is 9.55 Å². The third kappa shape index (κ3) is 2.62. The minimum Gasteiger partial charge on any atom is -0.321 e. The standard InChI is InChI=1S/C18H13N3OS/c22-18(20-13-6-2-1-3-7-13)17-10-14(11-23-17)21-12-19-15-8-4-5-9-16(15)21/h1-12H,(H,20,22). The number of amides is 1. The number of benzene rings is 2. The molecule has 1 N–H and O–H groups in total. The highest BCUT2D eigenvalue weighted by Gasteiger charge is 2.12. The van der Waals surface area contributed by atoms with Gasteiger partial charge in [-0.25, -0.2) is 4.98 Å². The van der Waals surface area contributed by atoms with E-state index in [1.54, 1.807) is 6.33 Å². The number of carbonyl (C=O) groups is 1. The van der Waals surface area contributed by atoms with Gasteiger partial charge in [0.1, 0.15) is 6.33 Å². The molecule has 0 unspecified atom stereocenters. The van der Waals surface area contributed by atoms with Gasteiger partial charge in [-0.2, -0.15) is 0 Å². The fourth-order valence-electron chi connectivity index (χ4n) is 2.45. The minimum absolute atomic E-state index is 0.100. The first kappa shape index (κ1) is 13.7. The number of hydrogen-bond acceptors (Lipinski definition) is 3. The van der Waals surface area contributed by atoms with E-state index in [4.69, 9.17) is 0 Å². The molecule has 2 aromatic carbocycles. The number of aromatic nitrogens is 2. The Morgan fingerprint density at radius 3 is 2.70 bits per heavy atom. The van der Waals surface area contributed by atoms with Gasteiger partial charge in [0, 0.05) is 11.1 Å². The van der Waals surface area contributed by atoms with Crippen molar-refractivity contribution in [3.05, 3.63) is 77.2 Å². The van der Waals surface area contributed by atoms with Gasteiger partial charge >= 0.3 is 0 Å². The third-order valence-corrected chi connectivity index (χ3v) is 4.49. The van der Waals surface area contributed by atoms with Crippen LogP contribution < -0.4 is 5.32 Å². The van der Waals surface area contributed by atoms with Crippen molar-refractivity contribution in [3.8, 4) is 5.69 Å². The Morgan fingerprint density at radius 2 is 1.83 bits per heavy atom. The van der Waals surface area contributed by atoms with Crippen LogP contribution in [0.25, 0.3) is 16.7 Å². The monoisotopic (exact) mass is 319 g/mol. The van der Waals surface area contributed by atoms with Crippen molar-refractivity contribution in [2.45, 2.75) is 0 Å². The molecule has 0 aliphatic heterocycles. The van der Waals surface area contributed by atoms with Crippen molar-refractivity contribution in [3.63, 3.8) is 0 Å². The number of rotatable bonds is 3. The molecule has 0 atom stereocenters. The largest absolute Gasteiger partial charge is 0.321 e. The summed E-state index contributed by atoms with van der Waals surface area (Å²) in [5, 5.41) is 4.87. The maximum atomic E-state index is 12.3. The molecular formula is C18H13N3OS. The average Bonchev–Trinajstić information content (AvgIpc) is 3.22. The number of thiophene rings is 1. The van der Waals surface area contributed by atoms with E-state index in [0.29, 0.717) is 4.88 Å². The molecule has 4 aromatic rings. The third-order valence-electron chi connectivity index (χ3n) is 3.57. The molecule has 23 heavy (non-hydrogen) atoms. The van der Waals surface area contributed by atoms with Crippen LogP contribution in [0.3, 0.4) is 0 Å². The first-order valence-corrected chi connectivity index (χ1v) is 8.06. The Labute approximate surface area is 137 Å². The summed E-state index contributed by atoms with van der Waals surface area (Å²) in [6.45, 7) is 0. The molecule has 5 heteroatoms. The molecule has 0 spiro atoms. The van der Waals surface area contributed by atoms with Crippen LogP contribution in [0.15, 0.2) is 72.4 Å². The second-order valence-electron chi connectivity index (χ2n) is 5.09. The quantitative estimate of drug-likeness (QED) is 0.610. The van der Waals surface area contributed by atoms with Gasteiger partial charge in [-0.1, -0.05) is 30.3 Å². The second-order valence-corrected chi connectivity index (χ2v) is 6.00. The number of nitrogens with zero attached hydrogens (tertiary/aromatic N) is 2. The molecule has 2 heterocycles. The molecule has 0 aliphatic carbocycles. The van der Waals surface area contributed by atoms with E-state index < -0.39 is 0 Å². The van der Waals surface area contributed by atoms with Crippen LogP contribution in [-0.2, 0) is 0 Å². The average molecular weight is 319 g/mol. The number of para-hydroxylation sites is 3. The summed E-state index contributed by atoms with van der Waals surface area (Å²) in [7, 11) is 0. The molecule has 2 aromatic heterocycles. The molecule has 0 fully saturated rings. The van der Waals surface area contributed by atoms with Crippen molar-refractivity contribution in [2.24, 2.45) is 0 Å². The van der Waals surface area contributed by atoms with Gasteiger partial charge in [-0.3, -0.25) is 9.36 Å². The topological polar surface area (TPSA) is 46.9 Å². The summed E-state index contributed by atoms with van der Waals surface area (Å²) in [5.74, 6) is -0.100. The lowest BCUT2D eigenvalue weighted by Gasteiger charge is -2.02. The van der Waals surface area contributed by atoms with Gasteiger partial charge in [0.15, 0.2) is 0 Å². The Hall–Kier alpha value is -2.92. The summed E-state index contributed by atoms with van der Waals surface area (Å²) < 4.78 is 1.99. The summed E-state index contributed by atoms with van der Waals surface area (Å²) in [6.07, 6.45) is 1.78. The molecule has 0 radical (unpaired) electrons. The molecule has 1 amide bonds. The lowest BCUT2D eigenvalue weighted by molar-refractivity contribution is 0.103. The van der Waals surface area contributed by atoms with Gasteiger partial charge in [0.2, 0.25) is 0 Å². The molecule has 0 aliphatic rings. The highest BCUT2D eigenvalue weighted by molar-refractivity contribution is 7.12. The van der Waals surface area contributed by atoms with Gasteiger partial charge in [-0.15, -0.1) is 11.3 Å². The second kappa shape index (κ2) is 5.70. The summed E-state index contributed by atoms with van der Waals surface area (Å²) in [4.78, 5) is 17.4. The van der Waals surface area contributed by atoms with Crippen LogP contribution in [0.4, 0.5) is 5.69 Å². The zero-order valence-electron chi connectivity index (χ0n) is 12.1. The predicted octanol–water partition coefficient (Wildman–Crippen LogP) is 4.34. The Kier molecular flexibility index (Phi) is 3.40. The highest BCUT2D eigenvalue weighted by Crippen LogP contribution is 2.23. The number of carbonyl (C=O) groups excluding carboxylic acids is 1. The fourth-order valence-corrected chi connectivity index (χ4v) is 3.23. The van der Waals surface area contributed by atoms with Crippen LogP contribution in [0.1, 0.15) is 9.67 Å². The zero-order chi connectivity index (χ0) is 15.6. The smallest absolute Gasteiger partial charge is 0.265 e. The van der Waals surface area contributed by atoms with E-state index in [-0.39, 0.29) is 5.91 Å². The van der Waals surface area contributed by atoms with Crippen LogP contribution in [0, 0.1) is 0 Å². The first-order chi connectivity index (χ1) is 11.3. The van der Waals surface area contributed by atoms with Crippen molar-refractivity contribution in [2.75, 3.05) is 5.32 Å². The normalized spacial score (nSPS) is 10.8. The van der Waals surface area contributed by atoms with Crippen molar-refractivity contribution >= 4 is 34.0 Å². The van der Waals surface area contributed by atoms with Gasteiger partial charge in [0.05, 0.1) is 21.6 Å². The van der Waals surface area contributed by atoms with E-state index in [1.807, 2.05) is 70.6 Å².